The van der Waals surface area contributed by atoms with E-state index < -0.39 is 5.82 Å². The molecule has 0 aliphatic heterocycles. The summed E-state index contributed by atoms with van der Waals surface area (Å²) in [5.74, 6) is -0.798. The SMILES string of the molecule is N#Cc1ccc(-n2c3ccccc3c3cc4c5ccccc5n(-c5ccccc5)c4cc32)c(C#N)c1F. The molecule has 0 spiro atoms. The number of nitriles is 2. The molecule has 0 aliphatic carbocycles. The number of aromatic nitrogens is 2. The van der Waals surface area contributed by atoms with E-state index in [1.54, 1.807) is 6.07 Å². The van der Waals surface area contributed by atoms with Crippen molar-refractivity contribution in [2.24, 2.45) is 0 Å². The van der Waals surface area contributed by atoms with Crippen LogP contribution >= 0.6 is 0 Å². The van der Waals surface area contributed by atoms with Crippen LogP contribution in [0.5, 0.6) is 0 Å². The molecule has 172 valence electrons. The fraction of sp³-hybridized carbons (Fsp3) is 0. The first-order chi connectivity index (χ1) is 18.2. The summed E-state index contributed by atoms with van der Waals surface area (Å²) in [5.41, 5.74) is 4.98. The Morgan fingerprint density at radius 2 is 1.14 bits per heavy atom. The number of fused-ring (bicyclic) bond motifs is 6. The van der Waals surface area contributed by atoms with Crippen molar-refractivity contribution in [2.45, 2.75) is 0 Å². The first-order valence-corrected chi connectivity index (χ1v) is 11.9. The van der Waals surface area contributed by atoms with Crippen molar-refractivity contribution >= 4 is 43.6 Å². The summed E-state index contributed by atoms with van der Waals surface area (Å²) in [6, 6.07) is 37.7. The maximum atomic E-state index is 15.1. The minimum absolute atomic E-state index is 0.146. The average Bonchev–Trinajstić information content (AvgIpc) is 3.44. The maximum Gasteiger partial charge on any atom is 0.160 e. The van der Waals surface area contributed by atoms with Gasteiger partial charge in [0.1, 0.15) is 17.7 Å². The molecule has 4 nitrogen and oxygen atoms in total. The third kappa shape index (κ3) is 2.86. The molecule has 0 atom stereocenters. The molecular weight excluding hydrogens is 459 g/mol. The number of rotatable bonds is 2. The van der Waals surface area contributed by atoms with Crippen LogP contribution in [0.3, 0.4) is 0 Å². The van der Waals surface area contributed by atoms with E-state index in [4.69, 9.17) is 0 Å². The molecule has 5 aromatic carbocycles. The van der Waals surface area contributed by atoms with Crippen molar-refractivity contribution in [3.8, 4) is 23.5 Å². The molecule has 2 heterocycles. The van der Waals surface area contributed by atoms with Gasteiger partial charge in [-0.05, 0) is 48.5 Å². The molecule has 37 heavy (non-hydrogen) atoms. The van der Waals surface area contributed by atoms with Crippen molar-refractivity contribution in [3.05, 3.63) is 120 Å². The van der Waals surface area contributed by atoms with Gasteiger partial charge in [0.2, 0.25) is 0 Å². The van der Waals surface area contributed by atoms with E-state index in [0.717, 1.165) is 49.3 Å². The second-order valence-corrected chi connectivity index (χ2v) is 8.97. The number of nitrogens with zero attached hydrogens (tertiary/aromatic N) is 4. The Bertz CT molecular complexity index is 2120. The topological polar surface area (TPSA) is 57.4 Å². The van der Waals surface area contributed by atoms with Crippen LogP contribution in [0.2, 0.25) is 0 Å². The van der Waals surface area contributed by atoms with E-state index in [1.807, 2.05) is 71.3 Å². The molecule has 7 rings (SSSR count). The molecular formula is C32H17FN4. The van der Waals surface area contributed by atoms with Gasteiger partial charge in [-0.3, -0.25) is 0 Å². The van der Waals surface area contributed by atoms with Gasteiger partial charge < -0.3 is 9.13 Å². The van der Waals surface area contributed by atoms with Crippen LogP contribution in [0.1, 0.15) is 11.1 Å². The Labute approximate surface area is 211 Å². The van der Waals surface area contributed by atoms with Gasteiger partial charge in [0.15, 0.2) is 5.82 Å². The second kappa shape index (κ2) is 7.81. The smallest absolute Gasteiger partial charge is 0.160 e. The lowest BCUT2D eigenvalue weighted by Gasteiger charge is -2.12. The standard InChI is InChI=1S/C32H17FN4/c33-32-20(18-34)14-15-29(26(32)19-35)37-28-13-7-5-11-23(28)25-16-24-22-10-4-6-12-27(22)36(30(24)17-31(25)37)21-8-2-1-3-9-21/h1-17H. The fourth-order valence-electron chi connectivity index (χ4n) is 5.49. The first kappa shape index (κ1) is 20.9. The molecule has 0 N–H and O–H groups in total. The highest BCUT2D eigenvalue weighted by atomic mass is 19.1. The summed E-state index contributed by atoms with van der Waals surface area (Å²) in [5, 5.41) is 23.5. The van der Waals surface area contributed by atoms with Crippen LogP contribution < -0.4 is 0 Å². The zero-order chi connectivity index (χ0) is 25.1. The van der Waals surface area contributed by atoms with Gasteiger partial charge in [0, 0.05) is 27.2 Å². The lowest BCUT2D eigenvalue weighted by Crippen LogP contribution is -2.02. The number of para-hydroxylation sites is 3. The Hall–Kier alpha value is -5.39. The Morgan fingerprint density at radius 1 is 0.541 bits per heavy atom. The lowest BCUT2D eigenvalue weighted by molar-refractivity contribution is 0.619. The zero-order valence-electron chi connectivity index (χ0n) is 19.5. The van der Waals surface area contributed by atoms with Crippen LogP contribution in [-0.2, 0) is 0 Å². The first-order valence-electron chi connectivity index (χ1n) is 11.9. The molecule has 0 saturated carbocycles. The third-order valence-corrected chi connectivity index (χ3v) is 7.07. The summed E-state index contributed by atoms with van der Waals surface area (Å²) in [6.45, 7) is 0. The van der Waals surface area contributed by atoms with E-state index in [9.17, 15) is 10.5 Å². The summed E-state index contributed by atoms with van der Waals surface area (Å²) in [6.07, 6.45) is 0. The highest BCUT2D eigenvalue weighted by Crippen LogP contribution is 2.40. The van der Waals surface area contributed by atoms with Gasteiger partial charge >= 0.3 is 0 Å². The number of hydrogen-bond acceptors (Lipinski definition) is 2. The molecule has 7 aromatic rings. The maximum absolute atomic E-state index is 15.1. The monoisotopic (exact) mass is 476 g/mol. The predicted octanol–water partition coefficient (Wildman–Crippen LogP) is 7.76. The van der Waals surface area contributed by atoms with Crippen LogP contribution in [0.15, 0.2) is 103 Å². The molecule has 0 radical (unpaired) electrons. The van der Waals surface area contributed by atoms with Crippen molar-refractivity contribution in [1.29, 1.82) is 10.5 Å². The van der Waals surface area contributed by atoms with Gasteiger partial charge in [0.25, 0.3) is 0 Å². The van der Waals surface area contributed by atoms with E-state index in [2.05, 4.69) is 41.0 Å². The third-order valence-electron chi connectivity index (χ3n) is 7.07. The van der Waals surface area contributed by atoms with Crippen molar-refractivity contribution in [1.82, 2.24) is 9.13 Å². The molecule has 0 unspecified atom stereocenters. The van der Waals surface area contributed by atoms with E-state index >= 15 is 4.39 Å². The Kier molecular flexibility index (Phi) is 4.42. The van der Waals surface area contributed by atoms with Crippen molar-refractivity contribution < 1.29 is 4.39 Å². The van der Waals surface area contributed by atoms with Gasteiger partial charge in [-0.1, -0.05) is 54.6 Å². The minimum Gasteiger partial charge on any atom is -0.309 e. The highest BCUT2D eigenvalue weighted by Gasteiger charge is 2.21. The zero-order valence-corrected chi connectivity index (χ0v) is 19.5. The van der Waals surface area contributed by atoms with Crippen LogP contribution in [-0.4, -0.2) is 9.13 Å². The molecule has 5 heteroatoms. The number of halogens is 1. The van der Waals surface area contributed by atoms with E-state index in [-0.39, 0.29) is 11.1 Å². The molecule has 0 fully saturated rings. The second-order valence-electron chi connectivity index (χ2n) is 8.97. The molecule has 0 bridgehead atoms. The largest absolute Gasteiger partial charge is 0.309 e. The quantitative estimate of drug-likeness (QED) is 0.256. The van der Waals surface area contributed by atoms with Crippen LogP contribution in [0.4, 0.5) is 4.39 Å². The minimum atomic E-state index is -0.798. The molecule has 0 aliphatic rings. The normalized spacial score (nSPS) is 11.3. The predicted molar refractivity (Wildman–Crippen MR) is 145 cm³/mol. The van der Waals surface area contributed by atoms with Crippen LogP contribution in [0.25, 0.3) is 55.0 Å². The van der Waals surface area contributed by atoms with E-state index in [1.165, 1.54) is 6.07 Å². The fourth-order valence-corrected chi connectivity index (χ4v) is 5.49. The lowest BCUT2D eigenvalue weighted by atomic mass is 10.1. The Balaban J connectivity index is 1.69. The number of hydrogen-bond donors (Lipinski definition) is 0. The summed E-state index contributed by atoms with van der Waals surface area (Å²) >= 11 is 0. The van der Waals surface area contributed by atoms with Gasteiger partial charge in [0.05, 0.1) is 33.3 Å². The van der Waals surface area contributed by atoms with Crippen LogP contribution in [0, 0.1) is 28.5 Å². The molecule has 0 saturated heterocycles. The molecule has 0 amide bonds. The Morgan fingerprint density at radius 3 is 1.78 bits per heavy atom. The van der Waals surface area contributed by atoms with Gasteiger partial charge in [-0.15, -0.1) is 0 Å². The van der Waals surface area contributed by atoms with Gasteiger partial charge in [-0.25, -0.2) is 4.39 Å². The van der Waals surface area contributed by atoms with Gasteiger partial charge in [-0.2, -0.15) is 10.5 Å². The van der Waals surface area contributed by atoms with Crippen molar-refractivity contribution in [3.63, 3.8) is 0 Å². The van der Waals surface area contributed by atoms with Crippen molar-refractivity contribution in [2.75, 3.05) is 0 Å². The number of benzene rings is 5. The molecule has 2 aromatic heterocycles. The summed E-state index contributed by atoms with van der Waals surface area (Å²) in [7, 11) is 0. The highest BCUT2D eigenvalue weighted by molar-refractivity contribution is 6.19. The average molecular weight is 477 g/mol. The summed E-state index contributed by atoms with van der Waals surface area (Å²) in [4.78, 5) is 0. The van der Waals surface area contributed by atoms with E-state index in [0.29, 0.717) is 5.69 Å². The summed E-state index contributed by atoms with van der Waals surface area (Å²) < 4.78 is 19.3.